The van der Waals surface area contributed by atoms with E-state index in [9.17, 15) is 9.18 Å². The van der Waals surface area contributed by atoms with Gasteiger partial charge in [-0.3, -0.25) is 4.79 Å². The summed E-state index contributed by atoms with van der Waals surface area (Å²) < 4.78 is 13.2. The number of ketones is 1. The van der Waals surface area contributed by atoms with Gasteiger partial charge in [0.25, 0.3) is 0 Å². The predicted molar refractivity (Wildman–Crippen MR) is 59.8 cm³/mol. The molecule has 1 heterocycles. The van der Waals surface area contributed by atoms with Crippen LogP contribution in [0.1, 0.15) is 48.2 Å². The molecule has 1 aliphatic carbocycles. The number of carbonyl (C=O) groups excluding carboxylic acids is 1. The first kappa shape index (κ1) is 10.8. The molecule has 15 heavy (non-hydrogen) atoms. The van der Waals surface area contributed by atoms with Crippen LogP contribution < -0.4 is 0 Å². The number of carbonyl (C=O) groups is 1. The van der Waals surface area contributed by atoms with Crippen LogP contribution in [0.5, 0.6) is 0 Å². The first-order valence-corrected chi connectivity index (χ1v) is 6.44. The molecule has 1 aliphatic rings. The molecule has 1 nitrogen and oxygen atoms in total. The smallest absolute Gasteiger partial charge is 0.178 e. The Morgan fingerprint density at radius 3 is 2.47 bits per heavy atom. The van der Waals surface area contributed by atoms with Crippen molar-refractivity contribution in [3.63, 3.8) is 0 Å². The molecule has 0 N–H and O–H groups in total. The summed E-state index contributed by atoms with van der Waals surface area (Å²) >= 11 is 1.23. The van der Waals surface area contributed by atoms with Crippen LogP contribution in [0.25, 0.3) is 0 Å². The van der Waals surface area contributed by atoms with Gasteiger partial charge in [-0.25, -0.2) is 4.39 Å². The Balaban J connectivity index is 2.09. The Kier molecular flexibility index (Phi) is 3.52. The molecule has 82 valence electrons. The molecule has 0 saturated heterocycles. The minimum Gasteiger partial charge on any atom is -0.293 e. The van der Waals surface area contributed by atoms with Crippen LogP contribution in [0.15, 0.2) is 11.4 Å². The van der Waals surface area contributed by atoms with E-state index >= 15 is 0 Å². The van der Waals surface area contributed by atoms with E-state index in [0.29, 0.717) is 4.88 Å². The van der Waals surface area contributed by atoms with Gasteiger partial charge < -0.3 is 0 Å². The largest absolute Gasteiger partial charge is 0.293 e. The minimum atomic E-state index is -0.339. The van der Waals surface area contributed by atoms with Gasteiger partial charge in [-0.2, -0.15) is 0 Å². The zero-order valence-electron chi connectivity index (χ0n) is 8.67. The van der Waals surface area contributed by atoms with Gasteiger partial charge >= 0.3 is 0 Å². The summed E-state index contributed by atoms with van der Waals surface area (Å²) in [6.07, 6.45) is 6.55. The highest BCUT2D eigenvalue weighted by Gasteiger charge is 2.24. The molecule has 0 bridgehead atoms. The monoisotopic (exact) mass is 226 g/mol. The second kappa shape index (κ2) is 4.88. The summed E-state index contributed by atoms with van der Waals surface area (Å²) in [5, 5.41) is 1.65. The van der Waals surface area contributed by atoms with Gasteiger partial charge in [0, 0.05) is 5.92 Å². The van der Waals surface area contributed by atoms with Crippen molar-refractivity contribution in [2.45, 2.75) is 38.5 Å². The first-order chi connectivity index (χ1) is 7.29. The predicted octanol–water partition coefficient (Wildman–Crippen LogP) is 4.04. The third-order valence-corrected chi connectivity index (χ3v) is 3.97. The van der Waals surface area contributed by atoms with Gasteiger partial charge in [-0.05, 0) is 24.3 Å². The van der Waals surface area contributed by atoms with Crippen molar-refractivity contribution >= 4 is 17.1 Å². The van der Waals surface area contributed by atoms with E-state index in [4.69, 9.17) is 0 Å². The van der Waals surface area contributed by atoms with Crippen LogP contribution in [0, 0.1) is 11.7 Å². The van der Waals surface area contributed by atoms with Crippen molar-refractivity contribution in [3.8, 4) is 0 Å². The van der Waals surface area contributed by atoms with Gasteiger partial charge in [0.1, 0.15) is 10.7 Å². The number of Topliss-reactive ketones (excluding diaryl/α,β-unsaturated/α-hetero) is 1. The minimum absolute atomic E-state index is 0.0319. The molecule has 1 fully saturated rings. The maximum absolute atomic E-state index is 13.2. The molecule has 1 aromatic heterocycles. The molecular formula is C12H15FOS. The lowest BCUT2D eigenvalue weighted by atomic mass is 9.94. The average molecular weight is 226 g/mol. The fraction of sp³-hybridized carbons (Fsp3) is 0.583. The van der Waals surface area contributed by atoms with E-state index in [2.05, 4.69) is 0 Å². The van der Waals surface area contributed by atoms with E-state index in [0.717, 1.165) is 25.7 Å². The number of halogens is 1. The fourth-order valence-electron chi connectivity index (χ4n) is 2.20. The third-order valence-electron chi connectivity index (χ3n) is 3.07. The lowest BCUT2D eigenvalue weighted by Gasteiger charge is -2.10. The van der Waals surface area contributed by atoms with Gasteiger partial charge in [0.2, 0.25) is 0 Å². The molecule has 0 unspecified atom stereocenters. The van der Waals surface area contributed by atoms with E-state index in [1.54, 1.807) is 5.38 Å². The Bertz CT molecular complexity index is 337. The van der Waals surface area contributed by atoms with Crippen LogP contribution in [-0.2, 0) is 0 Å². The summed E-state index contributed by atoms with van der Waals surface area (Å²) in [6.45, 7) is 0. The normalized spacial score (nSPS) is 18.7. The summed E-state index contributed by atoms with van der Waals surface area (Å²) in [5.74, 6) is -0.237. The molecule has 0 aliphatic heterocycles. The van der Waals surface area contributed by atoms with Crippen molar-refractivity contribution in [1.82, 2.24) is 0 Å². The second-order valence-corrected chi connectivity index (χ2v) is 5.07. The molecule has 0 atom stereocenters. The first-order valence-electron chi connectivity index (χ1n) is 5.56. The van der Waals surface area contributed by atoms with Crippen LogP contribution >= 0.6 is 11.3 Å². The number of thiophene rings is 1. The Morgan fingerprint density at radius 2 is 1.93 bits per heavy atom. The van der Waals surface area contributed by atoms with Gasteiger partial charge in [-0.15, -0.1) is 11.3 Å². The Morgan fingerprint density at radius 1 is 1.27 bits per heavy atom. The van der Waals surface area contributed by atoms with Crippen LogP contribution in [0.3, 0.4) is 0 Å². The molecule has 0 aromatic carbocycles. The second-order valence-electron chi connectivity index (χ2n) is 4.15. The standard InChI is InChI=1S/C12H15FOS/c13-10-7-8-15-12(10)11(14)9-5-3-1-2-4-6-9/h7-9H,1-6H2. The quantitative estimate of drug-likeness (QED) is 0.549. The number of hydrogen-bond acceptors (Lipinski definition) is 2. The zero-order valence-corrected chi connectivity index (χ0v) is 9.49. The SMILES string of the molecule is O=C(c1sccc1F)C1CCCCCC1. The zero-order chi connectivity index (χ0) is 10.7. The fourth-order valence-corrected chi connectivity index (χ4v) is 2.98. The van der Waals surface area contributed by atoms with E-state index < -0.39 is 0 Å². The maximum atomic E-state index is 13.2. The topological polar surface area (TPSA) is 17.1 Å². The average Bonchev–Trinajstić information content (AvgIpc) is 2.53. The van der Waals surface area contributed by atoms with Crippen molar-refractivity contribution in [2.75, 3.05) is 0 Å². The highest BCUT2D eigenvalue weighted by molar-refractivity contribution is 7.12. The van der Waals surface area contributed by atoms with E-state index in [-0.39, 0.29) is 17.5 Å². The van der Waals surface area contributed by atoms with Crippen LogP contribution in [0.2, 0.25) is 0 Å². The van der Waals surface area contributed by atoms with Gasteiger partial charge in [0.15, 0.2) is 5.78 Å². The summed E-state index contributed by atoms with van der Waals surface area (Å²) in [6, 6.07) is 1.38. The Labute approximate surface area is 93.3 Å². The molecule has 0 spiro atoms. The van der Waals surface area contributed by atoms with Gasteiger partial charge in [-0.1, -0.05) is 25.7 Å². The molecule has 0 amide bonds. The lowest BCUT2D eigenvalue weighted by molar-refractivity contribution is 0.0908. The van der Waals surface area contributed by atoms with Crippen molar-refractivity contribution in [1.29, 1.82) is 0 Å². The third kappa shape index (κ3) is 2.46. The highest BCUT2D eigenvalue weighted by Crippen LogP contribution is 2.28. The van der Waals surface area contributed by atoms with E-state index in [1.165, 1.54) is 30.2 Å². The molecule has 3 heteroatoms. The van der Waals surface area contributed by atoms with Crippen LogP contribution in [-0.4, -0.2) is 5.78 Å². The molecule has 0 radical (unpaired) electrons. The van der Waals surface area contributed by atoms with E-state index in [1.807, 2.05) is 0 Å². The summed E-state index contributed by atoms with van der Waals surface area (Å²) in [7, 11) is 0. The molecule has 2 rings (SSSR count). The number of rotatable bonds is 2. The lowest BCUT2D eigenvalue weighted by Crippen LogP contribution is -2.13. The van der Waals surface area contributed by atoms with Gasteiger partial charge in [0.05, 0.1) is 0 Å². The van der Waals surface area contributed by atoms with Crippen molar-refractivity contribution in [2.24, 2.45) is 5.92 Å². The molecule has 1 aromatic rings. The maximum Gasteiger partial charge on any atom is 0.178 e. The Hall–Kier alpha value is -0.700. The molecule has 1 saturated carbocycles. The van der Waals surface area contributed by atoms with Crippen LogP contribution in [0.4, 0.5) is 4.39 Å². The summed E-state index contributed by atoms with van der Waals surface area (Å²) in [5.41, 5.74) is 0. The summed E-state index contributed by atoms with van der Waals surface area (Å²) in [4.78, 5) is 12.3. The highest BCUT2D eigenvalue weighted by atomic mass is 32.1. The van der Waals surface area contributed by atoms with Crippen molar-refractivity contribution < 1.29 is 9.18 Å². The molecular weight excluding hydrogens is 211 g/mol. The van der Waals surface area contributed by atoms with Crippen molar-refractivity contribution in [3.05, 3.63) is 22.1 Å². The number of hydrogen-bond donors (Lipinski definition) is 0.